The molecule has 2 aromatic heterocycles. The number of carboxylic acid groups (broad SMARTS) is 2. The van der Waals surface area contributed by atoms with Gasteiger partial charge in [0.15, 0.2) is 0 Å². The van der Waals surface area contributed by atoms with Gasteiger partial charge in [0.2, 0.25) is 0 Å². The zero-order valence-electron chi connectivity index (χ0n) is 13.7. The minimum atomic E-state index is -1.44. The average molecular weight is 531 g/mol. The molecule has 0 radical (unpaired) electrons. The standard InChI is InChI=1S/2C5H5N.2C3H6O3.Pt/c2*1-2-4-6-5-3-1;2*1-2(4)3(5)6;/h2*1-5H;2*2,4H,1H3,(H,5,6);/q;;;;+2/p-2. The zero-order valence-corrected chi connectivity index (χ0v) is 15.9. The molecule has 0 fully saturated rings. The first kappa shape index (κ1) is 27.7. The van der Waals surface area contributed by atoms with Crippen LogP contribution in [0.4, 0.5) is 0 Å². The normalized spacial score (nSPS) is 10.4. The molecule has 9 heteroatoms. The Kier molecular flexibility index (Phi) is 22.0. The van der Waals surface area contributed by atoms with Gasteiger partial charge >= 0.3 is 21.1 Å². The minimum Gasteiger partial charge on any atom is -0.547 e. The maximum atomic E-state index is 9.34. The summed E-state index contributed by atoms with van der Waals surface area (Å²) < 4.78 is 0. The molecule has 0 aliphatic carbocycles. The molecule has 0 aliphatic rings. The fourth-order valence-corrected chi connectivity index (χ4v) is 0.625. The monoisotopic (exact) mass is 531 g/mol. The SMILES string of the molecule is CC(O)C(=O)[O-].CC(O)C(=O)[O-].[Pt+2].c1ccncc1.c1ccncc1. The fourth-order valence-electron chi connectivity index (χ4n) is 0.625. The van der Waals surface area contributed by atoms with Gasteiger partial charge in [0.1, 0.15) is 0 Å². The van der Waals surface area contributed by atoms with Crippen LogP contribution in [0.2, 0.25) is 0 Å². The second-order valence-corrected chi connectivity index (χ2v) is 4.04. The molecule has 2 unspecified atom stereocenters. The molecule has 0 spiro atoms. The van der Waals surface area contributed by atoms with E-state index in [-0.39, 0.29) is 21.1 Å². The first-order chi connectivity index (χ1) is 11.3. The van der Waals surface area contributed by atoms with Crippen molar-refractivity contribution in [1.29, 1.82) is 0 Å². The van der Waals surface area contributed by atoms with Gasteiger partial charge in [-0.15, -0.1) is 0 Å². The Labute approximate surface area is 160 Å². The molecular weight excluding hydrogens is 511 g/mol. The van der Waals surface area contributed by atoms with Crippen molar-refractivity contribution < 1.29 is 51.1 Å². The van der Waals surface area contributed by atoms with Crippen molar-refractivity contribution in [1.82, 2.24) is 9.97 Å². The van der Waals surface area contributed by atoms with Gasteiger partial charge in [0.25, 0.3) is 0 Å². The quantitative estimate of drug-likeness (QED) is 0.471. The molecule has 0 bridgehead atoms. The predicted octanol–water partition coefficient (Wildman–Crippen LogP) is -1.61. The van der Waals surface area contributed by atoms with E-state index in [1.54, 1.807) is 24.8 Å². The van der Waals surface area contributed by atoms with Crippen molar-refractivity contribution in [3.63, 3.8) is 0 Å². The van der Waals surface area contributed by atoms with Gasteiger partial charge in [-0.3, -0.25) is 9.97 Å². The van der Waals surface area contributed by atoms with Crippen molar-refractivity contribution in [2.75, 3.05) is 0 Å². The maximum Gasteiger partial charge on any atom is 2.00 e. The maximum absolute atomic E-state index is 9.34. The second kappa shape index (κ2) is 19.9. The van der Waals surface area contributed by atoms with E-state index in [0.717, 1.165) is 13.8 Å². The van der Waals surface area contributed by atoms with Crippen LogP contribution < -0.4 is 10.2 Å². The van der Waals surface area contributed by atoms with Crippen LogP contribution in [-0.2, 0) is 30.7 Å². The van der Waals surface area contributed by atoms with Crippen LogP contribution in [-0.4, -0.2) is 44.3 Å². The topological polar surface area (TPSA) is 146 Å². The summed E-state index contributed by atoms with van der Waals surface area (Å²) in [5.74, 6) is -2.87. The van der Waals surface area contributed by atoms with Gasteiger partial charge in [-0.2, -0.15) is 0 Å². The smallest absolute Gasteiger partial charge is 0.547 e. The number of hydrogen-bond donors (Lipinski definition) is 2. The van der Waals surface area contributed by atoms with Crippen LogP contribution in [0.3, 0.4) is 0 Å². The van der Waals surface area contributed by atoms with Crippen molar-refractivity contribution in [3.8, 4) is 0 Å². The summed E-state index contributed by atoms with van der Waals surface area (Å²) in [6, 6.07) is 11.4. The number of aliphatic carboxylic acids is 2. The summed E-state index contributed by atoms with van der Waals surface area (Å²) in [5, 5.41) is 34.6. The number of hydrogen-bond acceptors (Lipinski definition) is 8. The Hall–Kier alpha value is -2.15. The Morgan fingerprint density at radius 3 is 0.960 bits per heavy atom. The largest absolute Gasteiger partial charge is 2.00 e. The van der Waals surface area contributed by atoms with E-state index in [1.165, 1.54) is 0 Å². The number of rotatable bonds is 2. The van der Waals surface area contributed by atoms with Gasteiger partial charge in [-0.05, 0) is 38.1 Å². The number of pyridine rings is 2. The number of carboxylic acids is 2. The summed E-state index contributed by atoms with van der Waals surface area (Å²) >= 11 is 0. The average Bonchev–Trinajstić information content (AvgIpc) is 2.59. The van der Waals surface area contributed by atoms with Crippen LogP contribution in [0.15, 0.2) is 61.2 Å². The number of aromatic nitrogens is 2. The van der Waals surface area contributed by atoms with Crippen LogP contribution >= 0.6 is 0 Å². The summed E-state index contributed by atoms with van der Waals surface area (Å²) in [7, 11) is 0. The Bertz CT molecular complexity index is 424. The number of aliphatic hydroxyl groups excluding tert-OH is 2. The van der Waals surface area contributed by atoms with Gasteiger partial charge < -0.3 is 30.0 Å². The van der Waals surface area contributed by atoms with Crippen LogP contribution in [0.25, 0.3) is 0 Å². The molecule has 0 saturated heterocycles. The molecule has 8 nitrogen and oxygen atoms in total. The number of nitrogens with zero attached hydrogens (tertiary/aromatic N) is 2. The van der Waals surface area contributed by atoms with E-state index in [2.05, 4.69) is 9.97 Å². The number of aliphatic hydroxyl groups is 2. The molecule has 25 heavy (non-hydrogen) atoms. The zero-order chi connectivity index (χ0) is 18.8. The summed E-state index contributed by atoms with van der Waals surface area (Å²) in [5.41, 5.74) is 0. The second-order valence-electron chi connectivity index (χ2n) is 4.04. The molecule has 2 rings (SSSR count). The Morgan fingerprint density at radius 1 is 0.720 bits per heavy atom. The summed E-state index contributed by atoms with van der Waals surface area (Å²) in [4.78, 5) is 26.2. The first-order valence-electron chi connectivity index (χ1n) is 6.76. The van der Waals surface area contributed by atoms with E-state index >= 15 is 0 Å². The first-order valence-corrected chi connectivity index (χ1v) is 6.76. The van der Waals surface area contributed by atoms with E-state index in [0.29, 0.717) is 0 Å². The molecular formula is C16H20N2O6Pt. The summed E-state index contributed by atoms with van der Waals surface area (Å²) in [6.45, 7) is 2.27. The molecule has 140 valence electrons. The molecule has 0 aromatic carbocycles. The predicted molar refractivity (Wildman–Crippen MR) is 81.8 cm³/mol. The van der Waals surface area contributed by atoms with Gasteiger partial charge in [0.05, 0.1) is 24.1 Å². The van der Waals surface area contributed by atoms with Gasteiger partial charge in [-0.1, -0.05) is 12.1 Å². The molecule has 2 N–H and O–H groups in total. The minimum absolute atomic E-state index is 0. The molecule has 0 amide bonds. The van der Waals surface area contributed by atoms with Gasteiger partial charge in [0, 0.05) is 24.8 Å². The third kappa shape index (κ3) is 27.0. The van der Waals surface area contributed by atoms with E-state index < -0.39 is 24.1 Å². The third-order valence-electron chi connectivity index (χ3n) is 1.82. The fraction of sp³-hybridized carbons (Fsp3) is 0.250. The van der Waals surface area contributed by atoms with Crippen molar-refractivity contribution in [2.24, 2.45) is 0 Å². The number of carbonyl (C=O) groups is 2. The van der Waals surface area contributed by atoms with Crippen molar-refractivity contribution in [3.05, 3.63) is 61.2 Å². The Balaban J connectivity index is -0.000000255. The van der Waals surface area contributed by atoms with E-state index in [9.17, 15) is 19.8 Å². The van der Waals surface area contributed by atoms with Crippen LogP contribution in [0.5, 0.6) is 0 Å². The molecule has 0 saturated carbocycles. The molecule has 0 aliphatic heterocycles. The molecule has 2 aromatic rings. The van der Waals surface area contributed by atoms with Crippen LogP contribution in [0.1, 0.15) is 13.8 Å². The van der Waals surface area contributed by atoms with E-state index in [4.69, 9.17) is 10.2 Å². The Morgan fingerprint density at radius 2 is 0.920 bits per heavy atom. The molecule has 2 heterocycles. The number of carbonyl (C=O) groups excluding carboxylic acids is 2. The van der Waals surface area contributed by atoms with Gasteiger partial charge in [-0.25, -0.2) is 0 Å². The van der Waals surface area contributed by atoms with Crippen molar-refractivity contribution in [2.45, 2.75) is 26.1 Å². The van der Waals surface area contributed by atoms with Crippen LogP contribution in [0, 0.1) is 0 Å². The molecule has 2 atom stereocenters. The third-order valence-corrected chi connectivity index (χ3v) is 1.82. The van der Waals surface area contributed by atoms with E-state index in [1.807, 2.05) is 36.4 Å². The van der Waals surface area contributed by atoms with Crippen molar-refractivity contribution >= 4 is 11.9 Å². The summed E-state index contributed by atoms with van der Waals surface area (Å²) in [6.07, 6.45) is 4.31.